The third-order valence-corrected chi connectivity index (χ3v) is 2.70. The highest BCUT2D eigenvalue weighted by Gasteiger charge is 2.28. The van der Waals surface area contributed by atoms with E-state index in [1.54, 1.807) is 0 Å². The Hall–Kier alpha value is -0.200. The molecule has 84 valence electrons. The summed E-state index contributed by atoms with van der Waals surface area (Å²) in [4.78, 5) is 0. The number of ether oxygens (including phenoxy) is 1. The van der Waals surface area contributed by atoms with Crippen molar-refractivity contribution in [2.24, 2.45) is 5.92 Å². The van der Waals surface area contributed by atoms with Crippen LogP contribution in [-0.4, -0.2) is 60.4 Å². The number of hydrogen-bond donors (Lipinski definition) is 4. The zero-order valence-corrected chi connectivity index (χ0v) is 8.28. The van der Waals surface area contributed by atoms with Crippen molar-refractivity contribution < 1.29 is 20.1 Å². The predicted molar refractivity (Wildman–Crippen MR) is 50.9 cm³/mol. The highest BCUT2D eigenvalue weighted by atomic mass is 16.5. The van der Waals surface area contributed by atoms with Crippen LogP contribution in [-0.2, 0) is 4.74 Å². The molecule has 0 aromatic heterocycles. The van der Waals surface area contributed by atoms with Crippen LogP contribution in [0.3, 0.4) is 0 Å². The smallest absolute Gasteiger partial charge is 0.0881 e. The average molecular weight is 205 g/mol. The maximum atomic E-state index is 9.04. The average Bonchev–Trinajstić information content (AvgIpc) is 2.74. The standard InChI is InChI=1S/C9H19NO4/c11-5-9(6-12,7-13)10-3-8-1-2-14-4-8/h8,10-13H,1-7H2. The van der Waals surface area contributed by atoms with E-state index in [1.807, 2.05) is 0 Å². The SMILES string of the molecule is OCC(CO)(CO)NCC1CCOC1. The monoisotopic (exact) mass is 205 g/mol. The second-order valence-electron chi connectivity index (χ2n) is 3.87. The minimum Gasteiger partial charge on any atom is -0.394 e. The van der Waals surface area contributed by atoms with E-state index in [9.17, 15) is 0 Å². The Morgan fingerprint density at radius 3 is 2.29 bits per heavy atom. The number of rotatable bonds is 6. The highest BCUT2D eigenvalue weighted by molar-refractivity contribution is 4.87. The zero-order chi connectivity index (χ0) is 10.4. The van der Waals surface area contributed by atoms with Gasteiger partial charge in [0.1, 0.15) is 0 Å². The van der Waals surface area contributed by atoms with Gasteiger partial charge < -0.3 is 25.4 Å². The van der Waals surface area contributed by atoms with Gasteiger partial charge in [-0.3, -0.25) is 0 Å². The summed E-state index contributed by atoms with van der Waals surface area (Å²) < 4.78 is 5.20. The van der Waals surface area contributed by atoms with Crippen molar-refractivity contribution in [2.75, 3.05) is 39.6 Å². The second kappa shape index (κ2) is 5.63. The molecule has 0 aromatic rings. The molecule has 4 N–H and O–H groups in total. The van der Waals surface area contributed by atoms with Gasteiger partial charge >= 0.3 is 0 Å². The first-order valence-electron chi connectivity index (χ1n) is 4.91. The molecule has 1 saturated heterocycles. The van der Waals surface area contributed by atoms with Crippen LogP contribution in [0.1, 0.15) is 6.42 Å². The summed E-state index contributed by atoms with van der Waals surface area (Å²) in [5, 5.41) is 30.1. The minimum atomic E-state index is -0.956. The maximum Gasteiger partial charge on any atom is 0.0881 e. The number of hydrogen-bond acceptors (Lipinski definition) is 5. The second-order valence-corrected chi connectivity index (χ2v) is 3.87. The Morgan fingerprint density at radius 1 is 1.21 bits per heavy atom. The molecule has 14 heavy (non-hydrogen) atoms. The first kappa shape index (κ1) is 11.9. The predicted octanol–water partition coefficient (Wildman–Crippen LogP) is -1.67. The summed E-state index contributed by atoms with van der Waals surface area (Å²) in [5.74, 6) is 0.416. The molecule has 1 aliphatic rings. The molecule has 0 amide bonds. The number of aliphatic hydroxyl groups excluding tert-OH is 3. The van der Waals surface area contributed by atoms with Crippen LogP contribution in [0.15, 0.2) is 0 Å². The molecule has 1 rings (SSSR count). The molecule has 5 nitrogen and oxygen atoms in total. The lowest BCUT2D eigenvalue weighted by atomic mass is 10.0. The normalized spacial score (nSPS) is 22.9. The maximum absolute atomic E-state index is 9.04. The molecule has 1 heterocycles. The molecular formula is C9H19NO4. The van der Waals surface area contributed by atoms with Crippen molar-refractivity contribution in [3.8, 4) is 0 Å². The topological polar surface area (TPSA) is 82.0 Å². The molecule has 0 saturated carbocycles. The van der Waals surface area contributed by atoms with Crippen LogP contribution in [0, 0.1) is 5.92 Å². The zero-order valence-electron chi connectivity index (χ0n) is 8.28. The Kier molecular flexibility index (Phi) is 4.77. The van der Waals surface area contributed by atoms with Gasteiger partial charge in [-0.05, 0) is 12.3 Å². The summed E-state index contributed by atoms with van der Waals surface area (Å²) >= 11 is 0. The molecule has 0 aromatic carbocycles. The van der Waals surface area contributed by atoms with Crippen molar-refractivity contribution in [3.05, 3.63) is 0 Å². The van der Waals surface area contributed by atoms with E-state index < -0.39 is 5.54 Å². The van der Waals surface area contributed by atoms with Crippen molar-refractivity contribution >= 4 is 0 Å². The van der Waals surface area contributed by atoms with Crippen molar-refractivity contribution in [1.82, 2.24) is 5.32 Å². The molecule has 1 unspecified atom stereocenters. The van der Waals surface area contributed by atoms with E-state index in [0.717, 1.165) is 13.0 Å². The fraction of sp³-hybridized carbons (Fsp3) is 1.00. The molecule has 1 aliphatic heterocycles. The molecule has 1 fully saturated rings. The van der Waals surface area contributed by atoms with E-state index in [0.29, 0.717) is 19.1 Å². The summed E-state index contributed by atoms with van der Waals surface area (Å²) in [6, 6.07) is 0. The van der Waals surface area contributed by atoms with Crippen LogP contribution in [0.5, 0.6) is 0 Å². The third kappa shape index (κ3) is 2.90. The van der Waals surface area contributed by atoms with Gasteiger partial charge in [0, 0.05) is 13.2 Å². The lowest BCUT2D eigenvalue weighted by Crippen LogP contribution is -2.56. The van der Waals surface area contributed by atoms with E-state index >= 15 is 0 Å². The first-order chi connectivity index (χ1) is 6.76. The lowest BCUT2D eigenvalue weighted by Gasteiger charge is -2.29. The molecule has 0 spiro atoms. The molecular weight excluding hydrogens is 186 g/mol. The fourth-order valence-electron chi connectivity index (χ4n) is 1.42. The van der Waals surface area contributed by atoms with Gasteiger partial charge in [0.25, 0.3) is 0 Å². The molecule has 5 heteroatoms. The first-order valence-corrected chi connectivity index (χ1v) is 4.91. The minimum absolute atomic E-state index is 0.270. The van der Waals surface area contributed by atoms with Gasteiger partial charge in [-0.2, -0.15) is 0 Å². The van der Waals surface area contributed by atoms with Gasteiger partial charge in [0.05, 0.1) is 32.0 Å². The van der Waals surface area contributed by atoms with Crippen LogP contribution < -0.4 is 5.32 Å². The summed E-state index contributed by atoms with van der Waals surface area (Å²) in [5.41, 5.74) is -0.956. The van der Waals surface area contributed by atoms with Crippen LogP contribution in [0.25, 0.3) is 0 Å². The molecule has 0 radical (unpaired) electrons. The van der Waals surface area contributed by atoms with Gasteiger partial charge in [-0.15, -0.1) is 0 Å². The molecule has 1 atom stereocenters. The van der Waals surface area contributed by atoms with Crippen LogP contribution in [0.4, 0.5) is 0 Å². The summed E-state index contributed by atoms with van der Waals surface area (Å²) in [7, 11) is 0. The molecule has 0 aliphatic carbocycles. The summed E-state index contributed by atoms with van der Waals surface area (Å²) in [6.07, 6.45) is 0.991. The van der Waals surface area contributed by atoms with Gasteiger partial charge in [0.2, 0.25) is 0 Å². The largest absolute Gasteiger partial charge is 0.394 e. The Labute approximate surface area is 83.7 Å². The summed E-state index contributed by atoms with van der Waals surface area (Å²) in [6.45, 7) is 1.33. The fourth-order valence-corrected chi connectivity index (χ4v) is 1.42. The number of aliphatic hydroxyl groups is 3. The highest BCUT2D eigenvalue weighted by Crippen LogP contribution is 2.12. The van der Waals surface area contributed by atoms with Crippen LogP contribution in [0.2, 0.25) is 0 Å². The van der Waals surface area contributed by atoms with Gasteiger partial charge in [-0.25, -0.2) is 0 Å². The Morgan fingerprint density at radius 2 is 1.86 bits per heavy atom. The van der Waals surface area contributed by atoms with Crippen molar-refractivity contribution in [2.45, 2.75) is 12.0 Å². The van der Waals surface area contributed by atoms with E-state index in [-0.39, 0.29) is 19.8 Å². The van der Waals surface area contributed by atoms with Crippen molar-refractivity contribution in [1.29, 1.82) is 0 Å². The lowest BCUT2D eigenvalue weighted by molar-refractivity contribution is 0.0393. The molecule has 0 bridgehead atoms. The van der Waals surface area contributed by atoms with E-state index in [4.69, 9.17) is 20.1 Å². The van der Waals surface area contributed by atoms with Crippen LogP contribution >= 0.6 is 0 Å². The Bertz CT molecular complexity index is 147. The number of nitrogens with one attached hydrogen (secondary N) is 1. The quantitative estimate of drug-likeness (QED) is 0.417. The third-order valence-electron chi connectivity index (χ3n) is 2.70. The Balaban J connectivity index is 2.31. The van der Waals surface area contributed by atoms with Gasteiger partial charge in [0.15, 0.2) is 0 Å². The van der Waals surface area contributed by atoms with E-state index in [1.165, 1.54) is 0 Å². The van der Waals surface area contributed by atoms with E-state index in [2.05, 4.69) is 5.32 Å². The van der Waals surface area contributed by atoms with Crippen molar-refractivity contribution in [3.63, 3.8) is 0 Å². The van der Waals surface area contributed by atoms with Gasteiger partial charge in [-0.1, -0.05) is 0 Å².